The number of aryl methyl sites for hydroxylation is 1. The van der Waals surface area contributed by atoms with E-state index in [9.17, 15) is 4.79 Å². The van der Waals surface area contributed by atoms with Gasteiger partial charge in [-0.05, 0) is 39.8 Å². The summed E-state index contributed by atoms with van der Waals surface area (Å²) in [5.74, 6) is 0.316. The second-order valence-electron chi connectivity index (χ2n) is 5.11. The number of anilines is 1. The van der Waals surface area contributed by atoms with Gasteiger partial charge in [0.2, 0.25) is 5.91 Å². The molecule has 1 rings (SSSR count). The highest BCUT2D eigenvalue weighted by Crippen LogP contribution is 2.11. The molecule has 2 N–H and O–H groups in total. The number of carbonyl (C=O) groups excluding carboxylic acids is 1. The van der Waals surface area contributed by atoms with Crippen molar-refractivity contribution >= 4 is 11.7 Å². The Labute approximate surface area is 107 Å². The van der Waals surface area contributed by atoms with Crippen molar-refractivity contribution < 1.29 is 4.79 Å². The standard InChI is InChI=1S/C13H18N4O/c1-9-5-6-10(7-14)12(16-9)15-8-11(18)17-13(2,3)4/h5-6H,8H2,1-4H3,(H,15,16)(H,17,18). The van der Waals surface area contributed by atoms with E-state index in [1.807, 2.05) is 33.8 Å². The van der Waals surface area contributed by atoms with Crippen LogP contribution in [-0.4, -0.2) is 23.0 Å². The van der Waals surface area contributed by atoms with E-state index < -0.39 is 0 Å². The van der Waals surface area contributed by atoms with Crippen LogP contribution in [0, 0.1) is 18.3 Å². The zero-order valence-electron chi connectivity index (χ0n) is 11.2. The summed E-state index contributed by atoms with van der Waals surface area (Å²) in [6, 6.07) is 5.49. The van der Waals surface area contributed by atoms with Crippen molar-refractivity contribution in [2.24, 2.45) is 0 Å². The van der Waals surface area contributed by atoms with Gasteiger partial charge in [-0.15, -0.1) is 0 Å². The van der Waals surface area contributed by atoms with Gasteiger partial charge in [0.25, 0.3) is 0 Å². The lowest BCUT2D eigenvalue weighted by Crippen LogP contribution is -2.43. The smallest absolute Gasteiger partial charge is 0.239 e. The molecule has 1 aromatic rings. The van der Waals surface area contributed by atoms with Crippen LogP contribution < -0.4 is 10.6 Å². The minimum Gasteiger partial charge on any atom is -0.360 e. The molecule has 1 amide bonds. The summed E-state index contributed by atoms with van der Waals surface area (Å²) >= 11 is 0. The Bertz CT molecular complexity index is 483. The lowest BCUT2D eigenvalue weighted by atomic mass is 10.1. The Morgan fingerprint density at radius 3 is 2.67 bits per heavy atom. The fraction of sp³-hybridized carbons (Fsp3) is 0.462. The Balaban J connectivity index is 2.67. The van der Waals surface area contributed by atoms with Gasteiger partial charge in [-0.2, -0.15) is 5.26 Å². The average Bonchev–Trinajstić information content (AvgIpc) is 2.24. The minimum absolute atomic E-state index is 0.0996. The summed E-state index contributed by atoms with van der Waals surface area (Å²) in [5, 5.41) is 14.6. The first-order valence-corrected chi connectivity index (χ1v) is 5.74. The van der Waals surface area contributed by atoms with Gasteiger partial charge in [-0.3, -0.25) is 4.79 Å². The van der Waals surface area contributed by atoms with E-state index in [1.165, 1.54) is 0 Å². The van der Waals surface area contributed by atoms with Gasteiger partial charge < -0.3 is 10.6 Å². The largest absolute Gasteiger partial charge is 0.360 e. The molecule has 0 aliphatic carbocycles. The number of amides is 1. The molecule has 5 heteroatoms. The van der Waals surface area contributed by atoms with Crippen LogP contribution in [-0.2, 0) is 4.79 Å². The van der Waals surface area contributed by atoms with Crippen LogP contribution in [0.2, 0.25) is 0 Å². The molecule has 0 bridgehead atoms. The third-order valence-corrected chi connectivity index (χ3v) is 2.09. The van der Waals surface area contributed by atoms with E-state index in [2.05, 4.69) is 15.6 Å². The SMILES string of the molecule is Cc1ccc(C#N)c(NCC(=O)NC(C)(C)C)n1. The van der Waals surface area contributed by atoms with E-state index in [4.69, 9.17) is 5.26 Å². The van der Waals surface area contributed by atoms with Crippen molar-refractivity contribution in [1.82, 2.24) is 10.3 Å². The molecule has 0 spiro atoms. The molecule has 0 radical (unpaired) electrons. The molecule has 0 aliphatic heterocycles. The topological polar surface area (TPSA) is 77.8 Å². The first-order valence-electron chi connectivity index (χ1n) is 5.74. The number of nitrogens with zero attached hydrogens (tertiary/aromatic N) is 2. The summed E-state index contributed by atoms with van der Waals surface area (Å²) in [7, 11) is 0. The van der Waals surface area contributed by atoms with Gasteiger partial charge in [-0.1, -0.05) is 0 Å². The van der Waals surface area contributed by atoms with Crippen LogP contribution in [0.1, 0.15) is 32.0 Å². The van der Waals surface area contributed by atoms with E-state index in [-0.39, 0.29) is 18.0 Å². The minimum atomic E-state index is -0.267. The highest BCUT2D eigenvalue weighted by molar-refractivity contribution is 5.81. The zero-order valence-corrected chi connectivity index (χ0v) is 11.2. The lowest BCUT2D eigenvalue weighted by molar-refractivity contribution is -0.120. The molecule has 18 heavy (non-hydrogen) atoms. The quantitative estimate of drug-likeness (QED) is 0.849. The fourth-order valence-electron chi connectivity index (χ4n) is 1.41. The highest BCUT2D eigenvalue weighted by atomic mass is 16.2. The Morgan fingerprint density at radius 1 is 1.44 bits per heavy atom. The normalized spacial score (nSPS) is 10.6. The monoisotopic (exact) mass is 246 g/mol. The maximum atomic E-state index is 11.6. The van der Waals surface area contributed by atoms with E-state index in [0.717, 1.165) is 5.69 Å². The predicted octanol–water partition coefficient (Wildman–Crippen LogP) is 1.59. The molecule has 0 saturated carbocycles. The third kappa shape index (κ3) is 4.42. The van der Waals surface area contributed by atoms with Crippen LogP contribution in [0.25, 0.3) is 0 Å². The number of nitriles is 1. The van der Waals surface area contributed by atoms with Crippen LogP contribution in [0.3, 0.4) is 0 Å². The summed E-state index contributed by atoms with van der Waals surface area (Å²) in [4.78, 5) is 15.8. The molecule has 5 nitrogen and oxygen atoms in total. The van der Waals surface area contributed by atoms with Crippen LogP contribution in [0.4, 0.5) is 5.82 Å². The van der Waals surface area contributed by atoms with Gasteiger partial charge in [0.1, 0.15) is 11.9 Å². The second kappa shape index (κ2) is 5.50. The maximum absolute atomic E-state index is 11.6. The summed E-state index contributed by atoms with van der Waals surface area (Å²) in [6.45, 7) is 7.67. The zero-order chi connectivity index (χ0) is 13.8. The molecular formula is C13H18N4O. The van der Waals surface area contributed by atoms with Crippen molar-refractivity contribution in [3.05, 3.63) is 23.4 Å². The number of aromatic nitrogens is 1. The number of pyridine rings is 1. The summed E-state index contributed by atoms with van der Waals surface area (Å²) in [5.41, 5.74) is 0.966. The van der Waals surface area contributed by atoms with Crippen LogP contribution in [0.5, 0.6) is 0 Å². The number of carbonyl (C=O) groups is 1. The Morgan fingerprint density at radius 2 is 2.11 bits per heavy atom. The molecule has 0 atom stereocenters. The molecule has 0 unspecified atom stereocenters. The van der Waals surface area contributed by atoms with Gasteiger partial charge in [0, 0.05) is 11.2 Å². The van der Waals surface area contributed by atoms with Gasteiger partial charge in [0.05, 0.1) is 12.1 Å². The third-order valence-electron chi connectivity index (χ3n) is 2.09. The fourth-order valence-corrected chi connectivity index (χ4v) is 1.41. The van der Waals surface area contributed by atoms with Crippen LogP contribution >= 0.6 is 0 Å². The molecule has 1 aromatic heterocycles. The summed E-state index contributed by atoms with van der Waals surface area (Å²) < 4.78 is 0. The Hall–Kier alpha value is -2.09. The Kier molecular flexibility index (Phi) is 4.27. The average molecular weight is 246 g/mol. The first kappa shape index (κ1) is 14.0. The lowest BCUT2D eigenvalue weighted by Gasteiger charge is -2.20. The van der Waals surface area contributed by atoms with Crippen molar-refractivity contribution in [3.8, 4) is 6.07 Å². The number of hydrogen-bond donors (Lipinski definition) is 2. The number of hydrogen-bond acceptors (Lipinski definition) is 4. The van der Waals surface area contributed by atoms with Gasteiger partial charge in [0.15, 0.2) is 0 Å². The molecule has 0 aliphatic rings. The summed E-state index contributed by atoms with van der Waals surface area (Å²) in [6.07, 6.45) is 0. The molecule has 0 fully saturated rings. The van der Waals surface area contributed by atoms with Crippen molar-refractivity contribution in [2.75, 3.05) is 11.9 Å². The van der Waals surface area contributed by atoms with E-state index in [1.54, 1.807) is 12.1 Å². The molecule has 1 heterocycles. The van der Waals surface area contributed by atoms with E-state index >= 15 is 0 Å². The number of nitrogens with one attached hydrogen (secondary N) is 2. The molecule has 0 aromatic carbocycles. The van der Waals surface area contributed by atoms with E-state index in [0.29, 0.717) is 11.4 Å². The second-order valence-corrected chi connectivity index (χ2v) is 5.11. The highest BCUT2D eigenvalue weighted by Gasteiger charge is 2.14. The van der Waals surface area contributed by atoms with Gasteiger partial charge in [-0.25, -0.2) is 4.98 Å². The molecule has 96 valence electrons. The van der Waals surface area contributed by atoms with Crippen molar-refractivity contribution in [1.29, 1.82) is 5.26 Å². The van der Waals surface area contributed by atoms with Crippen molar-refractivity contribution in [2.45, 2.75) is 33.2 Å². The first-order chi connectivity index (χ1) is 8.31. The molecule has 0 saturated heterocycles. The maximum Gasteiger partial charge on any atom is 0.239 e. The number of rotatable bonds is 3. The molecular weight excluding hydrogens is 228 g/mol. The van der Waals surface area contributed by atoms with Crippen LogP contribution in [0.15, 0.2) is 12.1 Å². The van der Waals surface area contributed by atoms with Gasteiger partial charge >= 0.3 is 0 Å². The van der Waals surface area contributed by atoms with Crippen molar-refractivity contribution in [3.63, 3.8) is 0 Å². The predicted molar refractivity (Wildman–Crippen MR) is 70.1 cm³/mol.